The van der Waals surface area contributed by atoms with Crippen LogP contribution in [0.5, 0.6) is 5.88 Å². The summed E-state index contributed by atoms with van der Waals surface area (Å²) in [5, 5.41) is 2.94. The van der Waals surface area contributed by atoms with Gasteiger partial charge in [-0.1, -0.05) is 6.92 Å². The standard InChI is InChI=1S/C13H14N2O3S/c1-3-12-15-10(8-19-12)7-18-13(16)9-4-5-11(17-2)14-6-9/h4-6,8H,3,7H2,1-2H3. The van der Waals surface area contributed by atoms with E-state index in [0.717, 1.165) is 17.1 Å². The quantitative estimate of drug-likeness (QED) is 0.786. The molecule has 0 saturated carbocycles. The predicted molar refractivity (Wildman–Crippen MR) is 71.4 cm³/mol. The van der Waals surface area contributed by atoms with E-state index in [1.807, 2.05) is 12.3 Å². The summed E-state index contributed by atoms with van der Waals surface area (Å²) in [5.41, 5.74) is 1.17. The zero-order valence-corrected chi connectivity index (χ0v) is 11.6. The molecule has 19 heavy (non-hydrogen) atoms. The van der Waals surface area contributed by atoms with E-state index in [4.69, 9.17) is 9.47 Å². The van der Waals surface area contributed by atoms with Crippen molar-refractivity contribution in [3.63, 3.8) is 0 Å². The first-order chi connectivity index (χ1) is 9.22. The second kappa shape index (κ2) is 6.29. The summed E-state index contributed by atoms with van der Waals surface area (Å²) in [5.74, 6) is 0.0461. The molecule has 6 heteroatoms. The fraction of sp³-hybridized carbons (Fsp3) is 0.308. The fourth-order valence-corrected chi connectivity index (χ4v) is 2.15. The van der Waals surface area contributed by atoms with Gasteiger partial charge in [-0.2, -0.15) is 0 Å². The van der Waals surface area contributed by atoms with Crippen molar-refractivity contribution in [2.45, 2.75) is 20.0 Å². The molecule has 2 heterocycles. The molecule has 0 saturated heterocycles. The van der Waals surface area contributed by atoms with Gasteiger partial charge in [0.05, 0.1) is 23.4 Å². The van der Waals surface area contributed by atoms with Crippen LogP contribution in [0.2, 0.25) is 0 Å². The van der Waals surface area contributed by atoms with Gasteiger partial charge in [0.2, 0.25) is 5.88 Å². The Kier molecular flexibility index (Phi) is 4.46. The lowest BCUT2D eigenvalue weighted by Gasteiger charge is -2.03. The third-order valence-electron chi connectivity index (χ3n) is 2.43. The maximum absolute atomic E-state index is 11.8. The predicted octanol–water partition coefficient (Wildman–Crippen LogP) is 2.47. The highest BCUT2D eigenvalue weighted by Crippen LogP contribution is 2.12. The van der Waals surface area contributed by atoms with Crippen molar-refractivity contribution in [2.24, 2.45) is 0 Å². The summed E-state index contributed by atoms with van der Waals surface area (Å²) in [6, 6.07) is 3.24. The smallest absolute Gasteiger partial charge is 0.340 e. The van der Waals surface area contributed by atoms with Gasteiger partial charge < -0.3 is 9.47 Å². The number of hydrogen-bond donors (Lipinski definition) is 0. The van der Waals surface area contributed by atoms with E-state index >= 15 is 0 Å². The number of pyridine rings is 1. The second-order valence-corrected chi connectivity index (χ2v) is 4.69. The van der Waals surface area contributed by atoms with Gasteiger partial charge in [0, 0.05) is 17.6 Å². The molecule has 100 valence electrons. The lowest BCUT2D eigenvalue weighted by Crippen LogP contribution is -2.06. The van der Waals surface area contributed by atoms with Gasteiger partial charge in [0.15, 0.2) is 0 Å². The van der Waals surface area contributed by atoms with Crippen LogP contribution in [0.4, 0.5) is 0 Å². The molecule has 0 amide bonds. The molecule has 2 aromatic rings. The highest BCUT2D eigenvalue weighted by atomic mass is 32.1. The zero-order chi connectivity index (χ0) is 13.7. The third-order valence-corrected chi connectivity index (χ3v) is 3.48. The molecule has 0 aliphatic rings. The van der Waals surface area contributed by atoms with E-state index < -0.39 is 5.97 Å². The van der Waals surface area contributed by atoms with Crippen molar-refractivity contribution in [3.8, 4) is 5.88 Å². The average molecular weight is 278 g/mol. The fourth-order valence-electron chi connectivity index (χ4n) is 1.42. The van der Waals surface area contributed by atoms with Crippen LogP contribution in [0.3, 0.4) is 0 Å². The molecular formula is C13H14N2O3S. The molecule has 0 radical (unpaired) electrons. The van der Waals surface area contributed by atoms with Gasteiger partial charge in [0.1, 0.15) is 6.61 Å². The van der Waals surface area contributed by atoms with Gasteiger partial charge in [-0.05, 0) is 12.5 Å². The molecule has 5 nitrogen and oxygen atoms in total. The Hall–Kier alpha value is -1.95. The first-order valence-electron chi connectivity index (χ1n) is 5.83. The van der Waals surface area contributed by atoms with E-state index in [1.165, 1.54) is 13.3 Å². The monoisotopic (exact) mass is 278 g/mol. The molecule has 0 aliphatic carbocycles. The molecular weight excluding hydrogens is 264 g/mol. The molecule has 0 atom stereocenters. The van der Waals surface area contributed by atoms with Gasteiger partial charge in [-0.3, -0.25) is 0 Å². The molecule has 0 fully saturated rings. The van der Waals surface area contributed by atoms with Crippen LogP contribution in [0.15, 0.2) is 23.7 Å². The molecule has 0 aliphatic heterocycles. The van der Waals surface area contributed by atoms with Crippen molar-refractivity contribution in [1.29, 1.82) is 0 Å². The van der Waals surface area contributed by atoms with Crippen molar-refractivity contribution in [3.05, 3.63) is 40.0 Å². The number of aryl methyl sites for hydroxylation is 1. The highest BCUT2D eigenvalue weighted by molar-refractivity contribution is 7.09. The van der Waals surface area contributed by atoms with Crippen LogP contribution >= 0.6 is 11.3 Å². The molecule has 2 aromatic heterocycles. The minimum atomic E-state index is -0.416. The number of carbonyl (C=O) groups is 1. The van der Waals surface area contributed by atoms with Gasteiger partial charge in [0.25, 0.3) is 0 Å². The van der Waals surface area contributed by atoms with Crippen molar-refractivity contribution in [1.82, 2.24) is 9.97 Å². The maximum Gasteiger partial charge on any atom is 0.340 e. The van der Waals surface area contributed by atoms with Crippen LogP contribution < -0.4 is 4.74 Å². The van der Waals surface area contributed by atoms with E-state index in [2.05, 4.69) is 9.97 Å². The number of rotatable bonds is 5. The van der Waals surface area contributed by atoms with E-state index in [-0.39, 0.29) is 6.61 Å². The largest absolute Gasteiger partial charge is 0.481 e. The van der Waals surface area contributed by atoms with Crippen LogP contribution in [0, 0.1) is 0 Å². The SMILES string of the molecule is CCc1nc(COC(=O)c2ccc(OC)nc2)cs1. The second-order valence-electron chi connectivity index (χ2n) is 3.75. The maximum atomic E-state index is 11.8. The molecule has 0 spiro atoms. The van der Waals surface area contributed by atoms with Crippen LogP contribution in [0.1, 0.15) is 28.0 Å². The number of esters is 1. The van der Waals surface area contributed by atoms with Gasteiger partial charge in [-0.15, -0.1) is 11.3 Å². The molecule has 0 N–H and O–H groups in total. The molecule has 0 aromatic carbocycles. The normalized spacial score (nSPS) is 10.2. The molecule has 2 rings (SSSR count). The topological polar surface area (TPSA) is 61.3 Å². The number of nitrogens with zero attached hydrogens (tertiary/aromatic N) is 2. The summed E-state index contributed by atoms with van der Waals surface area (Å²) in [7, 11) is 1.52. The van der Waals surface area contributed by atoms with E-state index in [0.29, 0.717) is 11.4 Å². The molecule has 0 bridgehead atoms. The van der Waals surface area contributed by atoms with E-state index in [9.17, 15) is 4.79 Å². The summed E-state index contributed by atoms with van der Waals surface area (Å²) >= 11 is 1.57. The summed E-state index contributed by atoms with van der Waals surface area (Å²) < 4.78 is 10.1. The Labute approximate surface area is 115 Å². The minimum Gasteiger partial charge on any atom is -0.481 e. The number of thiazole rings is 1. The first kappa shape index (κ1) is 13.5. The number of methoxy groups -OCH3 is 1. The summed E-state index contributed by atoms with van der Waals surface area (Å²) in [6.07, 6.45) is 2.32. The average Bonchev–Trinajstić information content (AvgIpc) is 2.93. The third kappa shape index (κ3) is 3.51. The number of carbonyl (C=O) groups excluding carboxylic acids is 1. The van der Waals surface area contributed by atoms with Crippen LogP contribution in [-0.4, -0.2) is 23.0 Å². The lowest BCUT2D eigenvalue weighted by molar-refractivity contribution is 0.0467. The van der Waals surface area contributed by atoms with Crippen molar-refractivity contribution < 1.29 is 14.3 Å². The Balaban J connectivity index is 1.93. The Morgan fingerprint density at radius 2 is 2.26 bits per heavy atom. The number of ether oxygens (including phenoxy) is 2. The van der Waals surface area contributed by atoms with Crippen molar-refractivity contribution >= 4 is 17.3 Å². The van der Waals surface area contributed by atoms with Gasteiger partial charge in [-0.25, -0.2) is 14.8 Å². The first-order valence-corrected chi connectivity index (χ1v) is 6.71. The van der Waals surface area contributed by atoms with E-state index in [1.54, 1.807) is 23.5 Å². The Bertz CT molecular complexity index is 551. The number of hydrogen-bond acceptors (Lipinski definition) is 6. The van der Waals surface area contributed by atoms with Crippen molar-refractivity contribution in [2.75, 3.05) is 7.11 Å². The lowest BCUT2D eigenvalue weighted by atomic mass is 10.3. The minimum absolute atomic E-state index is 0.182. The van der Waals surface area contributed by atoms with Gasteiger partial charge >= 0.3 is 5.97 Å². The summed E-state index contributed by atoms with van der Waals surface area (Å²) in [4.78, 5) is 20.0. The molecule has 0 unspecified atom stereocenters. The Morgan fingerprint density at radius 3 is 2.84 bits per heavy atom. The summed E-state index contributed by atoms with van der Waals surface area (Å²) in [6.45, 7) is 2.22. The Morgan fingerprint density at radius 1 is 1.42 bits per heavy atom. The zero-order valence-electron chi connectivity index (χ0n) is 10.8. The number of aromatic nitrogens is 2. The van der Waals surface area contributed by atoms with Crippen LogP contribution in [0.25, 0.3) is 0 Å². The van der Waals surface area contributed by atoms with Crippen LogP contribution in [-0.2, 0) is 17.8 Å². The highest BCUT2D eigenvalue weighted by Gasteiger charge is 2.09.